The van der Waals surface area contributed by atoms with Crippen molar-refractivity contribution in [2.24, 2.45) is 0 Å². The molecule has 1 aromatic heterocycles. The molecule has 28 heavy (non-hydrogen) atoms. The van der Waals surface area contributed by atoms with E-state index >= 15 is 0 Å². The van der Waals surface area contributed by atoms with Gasteiger partial charge in [-0.15, -0.1) is 11.3 Å². The molecule has 0 unspecified atom stereocenters. The number of amides is 1. The Morgan fingerprint density at radius 1 is 1.18 bits per heavy atom. The van der Waals surface area contributed by atoms with Gasteiger partial charge in [0.1, 0.15) is 23.3 Å². The van der Waals surface area contributed by atoms with Crippen molar-refractivity contribution in [3.63, 3.8) is 0 Å². The number of halogens is 2. The molecular weight excluding hydrogens is 380 g/mol. The molecule has 146 valence electrons. The monoisotopic (exact) mass is 402 g/mol. The Morgan fingerprint density at radius 3 is 2.64 bits per heavy atom. The van der Waals surface area contributed by atoms with E-state index in [2.05, 4.69) is 10.3 Å². The number of quaternary nitrogens is 1. The summed E-state index contributed by atoms with van der Waals surface area (Å²) in [5.41, 5.74) is 3.47. The number of carbonyl (C=O) groups is 1. The molecule has 0 spiro atoms. The number of carbonyl (C=O) groups excluding carboxylic acids is 1. The molecule has 0 bridgehead atoms. The standard InChI is InChI=1S/C21H21F2N3OS/c1-13-3-6-16(7-4-13)25-20(27)10-21-26-17(12-28-21)11-24-14(2)15-5-8-18(22)19(23)9-15/h3-9,12,14,24H,10-11H2,1-2H3,(H,25,27)/p+1/t14-/m0/s1. The van der Waals surface area contributed by atoms with Crippen LogP contribution in [0.1, 0.15) is 34.8 Å². The molecule has 3 N–H and O–H groups in total. The van der Waals surface area contributed by atoms with E-state index in [1.807, 2.05) is 48.8 Å². The van der Waals surface area contributed by atoms with Gasteiger partial charge in [0.25, 0.3) is 0 Å². The fourth-order valence-electron chi connectivity index (χ4n) is 2.73. The van der Waals surface area contributed by atoms with Crippen LogP contribution in [0.2, 0.25) is 0 Å². The second kappa shape index (κ2) is 9.03. The molecule has 3 aromatic rings. The highest BCUT2D eigenvalue weighted by Crippen LogP contribution is 2.15. The van der Waals surface area contributed by atoms with Gasteiger partial charge < -0.3 is 10.6 Å². The highest BCUT2D eigenvalue weighted by atomic mass is 32.1. The van der Waals surface area contributed by atoms with Crippen LogP contribution in [-0.4, -0.2) is 10.9 Å². The predicted molar refractivity (Wildman–Crippen MR) is 106 cm³/mol. The van der Waals surface area contributed by atoms with E-state index in [0.717, 1.165) is 28.0 Å². The maximum Gasteiger partial charge on any atom is 0.231 e. The van der Waals surface area contributed by atoms with Crippen LogP contribution >= 0.6 is 11.3 Å². The van der Waals surface area contributed by atoms with Crippen LogP contribution in [0.3, 0.4) is 0 Å². The number of thiazole rings is 1. The van der Waals surface area contributed by atoms with Gasteiger partial charge in [0.2, 0.25) is 5.91 Å². The van der Waals surface area contributed by atoms with Gasteiger partial charge in [0.15, 0.2) is 11.6 Å². The fourth-order valence-corrected chi connectivity index (χ4v) is 3.54. The zero-order valence-corrected chi connectivity index (χ0v) is 16.5. The van der Waals surface area contributed by atoms with Crippen molar-refractivity contribution in [3.8, 4) is 0 Å². The summed E-state index contributed by atoms with van der Waals surface area (Å²) in [5, 5.41) is 7.52. The Morgan fingerprint density at radius 2 is 1.93 bits per heavy atom. The van der Waals surface area contributed by atoms with E-state index in [1.54, 1.807) is 6.07 Å². The summed E-state index contributed by atoms with van der Waals surface area (Å²) < 4.78 is 26.4. The zero-order valence-electron chi connectivity index (χ0n) is 15.7. The van der Waals surface area contributed by atoms with Crippen LogP contribution < -0.4 is 10.6 Å². The third-order valence-corrected chi connectivity index (χ3v) is 5.29. The van der Waals surface area contributed by atoms with E-state index < -0.39 is 11.6 Å². The number of benzene rings is 2. The Balaban J connectivity index is 1.51. The SMILES string of the molecule is Cc1ccc(NC(=O)Cc2nc(C[NH2+][C@@H](C)c3ccc(F)c(F)c3)cs2)cc1. The average molecular weight is 402 g/mol. The zero-order chi connectivity index (χ0) is 20.1. The van der Waals surface area contributed by atoms with E-state index in [0.29, 0.717) is 12.1 Å². The number of aryl methyl sites for hydroxylation is 1. The topological polar surface area (TPSA) is 58.6 Å². The lowest BCUT2D eigenvalue weighted by Gasteiger charge is -2.10. The molecule has 0 saturated carbocycles. The first kappa shape index (κ1) is 20.1. The minimum Gasteiger partial charge on any atom is -0.335 e. The highest BCUT2D eigenvalue weighted by molar-refractivity contribution is 7.09. The van der Waals surface area contributed by atoms with Gasteiger partial charge in [-0.3, -0.25) is 4.79 Å². The first-order valence-corrected chi connectivity index (χ1v) is 9.87. The van der Waals surface area contributed by atoms with E-state index in [4.69, 9.17) is 0 Å². The molecule has 4 nitrogen and oxygen atoms in total. The molecular formula is C21H22F2N3OS+. The maximum atomic E-state index is 13.4. The smallest absolute Gasteiger partial charge is 0.231 e. The summed E-state index contributed by atoms with van der Waals surface area (Å²) in [6.45, 7) is 4.51. The van der Waals surface area contributed by atoms with Crippen LogP contribution in [0, 0.1) is 18.6 Å². The van der Waals surface area contributed by atoms with Gasteiger partial charge in [-0.1, -0.05) is 17.7 Å². The number of hydrogen-bond donors (Lipinski definition) is 2. The molecule has 0 fully saturated rings. The summed E-state index contributed by atoms with van der Waals surface area (Å²) in [6.07, 6.45) is 0.220. The highest BCUT2D eigenvalue weighted by Gasteiger charge is 2.14. The van der Waals surface area contributed by atoms with Crippen molar-refractivity contribution in [2.45, 2.75) is 32.9 Å². The molecule has 0 aliphatic rings. The van der Waals surface area contributed by atoms with Crippen molar-refractivity contribution in [3.05, 3.63) is 81.3 Å². The molecule has 2 aromatic carbocycles. The minimum atomic E-state index is -0.844. The van der Waals surface area contributed by atoms with Crippen molar-refractivity contribution in [2.75, 3.05) is 5.32 Å². The molecule has 7 heteroatoms. The van der Waals surface area contributed by atoms with Crippen LogP contribution in [-0.2, 0) is 17.8 Å². The molecule has 0 radical (unpaired) electrons. The number of anilines is 1. The van der Waals surface area contributed by atoms with Gasteiger partial charge in [-0.05, 0) is 44.2 Å². The Bertz CT molecular complexity index is 957. The average Bonchev–Trinajstić information content (AvgIpc) is 3.11. The second-order valence-electron chi connectivity index (χ2n) is 6.73. The van der Waals surface area contributed by atoms with Crippen LogP contribution in [0.5, 0.6) is 0 Å². The summed E-state index contributed by atoms with van der Waals surface area (Å²) in [7, 11) is 0. The normalized spacial score (nSPS) is 12.0. The van der Waals surface area contributed by atoms with Gasteiger partial charge >= 0.3 is 0 Å². The predicted octanol–water partition coefficient (Wildman–Crippen LogP) is 3.74. The fraction of sp³-hybridized carbons (Fsp3) is 0.238. The number of aromatic nitrogens is 1. The maximum absolute atomic E-state index is 13.4. The number of hydrogen-bond acceptors (Lipinski definition) is 3. The summed E-state index contributed by atoms with van der Waals surface area (Å²) >= 11 is 1.44. The number of nitrogens with zero attached hydrogens (tertiary/aromatic N) is 1. The lowest BCUT2D eigenvalue weighted by Crippen LogP contribution is -2.83. The van der Waals surface area contributed by atoms with Crippen molar-refractivity contribution < 1.29 is 18.9 Å². The summed E-state index contributed by atoms with van der Waals surface area (Å²) in [4.78, 5) is 16.7. The summed E-state index contributed by atoms with van der Waals surface area (Å²) in [6, 6.07) is 11.5. The number of rotatable bonds is 7. The van der Waals surface area contributed by atoms with Crippen molar-refractivity contribution >= 4 is 22.9 Å². The third kappa shape index (κ3) is 5.43. The Hall–Kier alpha value is -2.64. The largest absolute Gasteiger partial charge is 0.335 e. The molecule has 0 saturated heterocycles. The Kier molecular flexibility index (Phi) is 6.49. The van der Waals surface area contributed by atoms with Gasteiger partial charge in [0.05, 0.1) is 6.42 Å². The lowest BCUT2D eigenvalue weighted by atomic mass is 10.1. The first-order chi connectivity index (χ1) is 13.4. The van der Waals surface area contributed by atoms with E-state index in [1.165, 1.54) is 17.4 Å². The molecule has 3 rings (SSSR count). The van der Waals surface area contributed by atoms with Crippen molar-refractivity contribution in [1.82, 2.24) is 4.98 Å². The number of nitrogens with one attached hydrogen (secondary N) is 1. The number of nitrogens with two attached hydrogens (primary N) is 1. The van der Waals surface area contributed by atoms with Gasteiger partial charge in [0, 0.05) is 16.6 Å². The van der Waals surface area contributed by atoms with E-state index in [9.17, 15) is 13.6 Å². The quantitative estimate of drug-likeness (QED) is 0.633. The van der Waals surface area contributed by atoms with E-state index in [-0.39, 0.29) is 18.4 Å². The third-order valence-electron chi connectivity index (χ3n) is 4.40. The lowest BCUT2D eigenvalue weighted by molar-refractivity contribution is -0.708. The first-order valence-electron chi connectivity index (χ1n) is 8.99. The molecule has 0 aliphatic heterocycles. The van der Waals surface area contributed by atoms with Crippen LogP contribution in [0.4, 0.5) is 14.5 Å². The molecule has 0 aliphatic carbocycles. The summed E-state index contributed by atoms with van der Waals surface area (Å²) in [5.74, 6) is -1.79. The molecule has 1 heterocycles. The molecule has 1 amide bonds. The van der Waals surface area contributed by atoms with Gasteiger partial charge in [-0.2, -0.15) is 0 Å². The minimum absolute atomic E-state index is 0.0370. The van der Waals surface area contributed by atoms with Crippen LogP contribution in [0.25, 0.3) is 0 Å². The molecule has 1 atom stereocenters. The van der Waals surface area contributed by atoms with Crippen molar-refractivity contribution in [1.29, 1.82) is 0 Å². The Labute approximate surface area is 166 Å². The second-order valence-corrected chi connectivity index (χ2v) is 7.67. The van der Waals surface area contributed by atoms with Gasteiger partial charge in [-0.25, -0.2) is 13.8 Å². The van der Waals surface area contributed by atoms with Crippen LogP contribution in [0.15, 0.2) is 47.8 Å².